The van der Waals surface area contributed by atoms with Gasteiger partial charge in [0.1, 0.15) is 5.65 Å². The molecule has 0 spiro atoms. The minimum absolute atomic E-state index is 0.248. The number of allylic oxidation sites excluding steroid dienone is 1. The first-order valence-electron chi connectivity index (χ1n) is 5.11. The summed E-state index contributed by atoms with van der Waals surface area (Å²) >= 11 is 0. The Hall–Kier alpha value is -1.61. The molecule has 0 unspecified atom stereocenters. The van der Waals surface area contributed by atoms with Gasteiger partial charge in [0, 0.05) is 12.8 Å². The van der Waals surface area contributed by atoms with E-state index >= 15 is 0 Å². The Kier molecular flexibility index (Phi) is 3.15. The quantitative estimate of drug-likeness (QED) is 0.771. The third-order valence-corrected chi connectivity index (χ3v) is 2.26. The second-order valence-electron chi connectivity index (χ2n) is 3.38. The van der Waals surface area contributed by atoms with Gasteiger partial charge in [-0.2, -0.15) is 0 Å². The number of aliphatic hydroxyl groups is 1. The van der Waals surface area contributed by atoms with Crippen molar-refractivity contribution in [3.8, 4) is 0 Å². The predicted molar refractivity (Wildman–Crippen MR) is 60.5 cm³/mol. The van der Waals surface area contributed by atoms with Gasteiger partial charge in [0.2, 0.25) is 0 Å². The molecular weight excluding hydrogens is 188 g/mol. The van der Waals surface area contributed by atoms with Crippen molar-refractivity contribution in [2.75, 3.05) is 6.61 Å². The first-order valence-corrected chi connectivity index (χ1v) is 5.11. The topological polar surface area (TPSA) is 37.5 Å². The minimum Gasteiger partial charge on any atom is -0.396 e. The average molecular weight is 202 g/mol. The molecule has 0 atom stereocenters. The van der Waals surface area contributed by atoms with Crippen LogP contribution in [0.15, 0.2) is 36.7 Å². The van der Waals surface area contributed by atoms with Crippen LogP contribution in [-0.2, 0) is 0 Å². The normalized spacial score (nSPS) is 11.5. The SMILES string of the molecule is OCCC/C=C/c1cnc2ccccn12. The number of aliphatic hydroxyl groups excluding tert-OH is 1. The molecule has 2 rings (SSSR count). The molecule has 0 radical (unpaired) electrons. The van der Waals surface area contributed by atoms with Gasteiger partial charge in [-0.3, -0.25) is 0 Å². The number of rotatable bonds is 4. The average Bonchev–Trinajstić information content (AvgIpc) is 2.68. The van der Waals surface area contributed by atoms with Crippen LogP contribution in [-0.4, -0.2) is 21.1 Å². The summed E-state index contributed by atoms with van der Waals surface area (Å²) in [5.41, 5.74) is 2.03. The summed E-state index contributed by atoms with van der Waals surface area (Å²) in [5, 5.41) is 8.64. The monoisotopic (exact) mass is 202 g/mol. The molecule has 0 amide bonds. The molecule has 78 valence electrons. The fraction of sp³-hybridized carbons (Fsp3) is 0.250. The van der Waals surface area contributed by atoms with Crippen molar-refractivity contribution < 1.29 is 5.11 Å². The summed E-state index contributed by atoms with van der Waals surface area (Å²) < 4.78 is 2.04. The fourth-order valence-electron chi connectivity index (χ4n) is 1.49. The maximum atomic E-state index is 8.64. The standard InChI is InChI=1S/C12H14N2O/c15-9-5-1-2-6-11-10-13-12-7-3-4-8-14(11)12/h2-4,6-8,10,15H,1,5,9H2/b6-2+. The van der Waals surface area contributed by atoms with Crippen molar-refractivity contribution in [2.45, 2.75) is 12.8 Å². The number of pyridine rings is 1. The number of unbranched alkanes of at least 4 members (excludes halogenated alkanes) is 1. The Morgan fingerprint density at radius 2 is 2.33 bits per heavy atom. The highest BCUT2D eigenvalue weighted by atomic mass is 16.2. The third kappa shape index (κ3) is 2.25. The van der Waals surface area contributed by atoms with Crippen LogP contribution in [0.3, 0.4) is 0 Å². The Morgan fingerprint density at radius 3 is 3.20 bits per heavy atom. The van der Waals surface area contributed by atoms with Crippen LogP contribution in [0, 0.1) is 0 Å². The number of nitrogens with zero attached hydrogens (tertiary/aromatic N) is 2. The number of hydrogen-bond acceptors (Lipinski definition) is 2. The summed E-state index contributed by atoms with van der Waals surface area (Å²) in [7, 11) is 0. The molecule has 0 aliphatic rings. The summed E-state index contributed by atoms with van der Waals surface area (Å²) in [5.74, 6) is 0. The van der Waals surface area contributed by atoms with E-state index < -0.39 is 0 Å². The molecule has 3 nitrogen and oxygen atoms in total. The van der Waals surface area contributed by atoms with Gasteiger partial charge in [0.05, 0.1) is 11.9 Å². The van der Waals surface area contributed by atoms with Crippen molar-refractivity contribution in [2.24, 2.45) is 0 Å². The second-order valence-corrected chi connectivity index (χ2v) is 3.38. The molecule has 15 heavy (non-hydrogen) atoms. The van der Waals surface area contributed by atoms with Crippen LogP contribution in [0.5, 0.6) is 0 Å². The van der Waals surface area contributed by atoms with Crippen LogP contribution >= 0.6 is 0 Å². The summed E-state index contributed by atoms with van der Waals surface area (Å²) in [4.78, 5) is 4.28. The number of aromatic nitrogens is 2. The Balaban J connectivity index is 2.17. The van der Waals surface area contributed by atoms with E-state index in [4.69, 9.17) is 5.11 Å². The summed E-state index contributed by atoms with van der Waals surface area (Å²) in [6.45, 7) is 0.248. The molecule has 0 saturated heterocycles. The van der Waals surface area contributed by atoms with Gasteiger partial charge in [-0.1, -0.05) is 12.1 Å². The molecule has 2 aromatic heterocycles. The van der Waals surface area contributed by atoms with Gasteiger partial charge >= 0.3 is 0 Å². The molecule has 3 heteroatoms. The van der Waals surface area contributed by atoms with Gasteiger partial charge in [0.25, 0.3) is 0 Å². The van der Waals surface area contributed by atoms with E-state index in [-0.39, 0.29) is 6.61 Å². The molecule has 0 fully saturated rings. The second kappa shape index (κ2) is 4.75. The molecule has 0 saturated carbocycles. The Morgan fingerprint density at radius 1 is 1.40 bits per heavy atom. The van der Waals surface area contributed by atoms with Crippen LogP contribution in [0.25, 0.3) is 11.7 Å². The van der Waals surface area contributed by atoms with Gasteiger partial charge in [0.15, 0.2) is 0 Å². The zero-order valence-corrected chi connectivity index (χ0v) is 8.50. The van der Waals surface area contributed by atoms with Crippen molar-refractivity contribution >= 4 is 11.7 Å². The smallest absolute Gasteiger partial charge is 0.137 e. The molecule has 1 N–H and O–H groups in total. The minimum atomic E-state index is 0.248. The van der Waals surface area contributed by atoms with Crippen LogP contribution in [0.2, 0.25) is 0 Å². The van der Waals surface area contributed by atoms with Gasteiger partial charge in [-0.15, -0.1) is 0 Å². The Labute approximate surface area is 88.7 Å². The number of imidazole rings is 1. The third-order valence-electron chi connectivity index (χ3n) is 2.26. The highest BCUT2D eigenvalue weighted by Gasteiger charge is 1.96. The van der Waals surface area contributed by atoms with Crippen molar-refractivity contribution in [1.29, 1.82) is 0 Å². The van der Waals surface area contributed by atoms with E-state index in [0.717, 1.165) is 24.2 Å². The van der Waals surface area contributed by atoms with Crippen LogP contribution in [0.4, 0.5) is 0 Å². The largest absolute Gasteiger partial charge is 0.396 e. The van der Waals surface area contributed by atoms with E-state index in [1.165, 1.54) is 0 Å². The van der Waals surface area contributed by atoms with Crippen LogP contribution in [0.1, 0.15) is 18.5 Å². The van der Waals surface area contributed by atoms with E-state index in [2.05, 4.69) is 11.1 Å². The first-order chi connectivity index (χ1) is 7.42. The van der Waals surface area contributed by atoms with E-state index in [0.29, 0.717) is 0 Å². The zero-order valence-electron chi connectivity index (χ0n) is 8.50. The summed E-state index contributed by atoms with van der Waals surface area (Å²) in [6.07, 6.45) is 9.66. The zero-order chi connectivity index (χ0) is 10.5. The van der Waals surface area contributed by atoms with Gasteiger partial charge in [-0.25, -0.2) is 4.98 Å². The fourth-order valence-corrected chi connectivity index (χ4v) is 1.49. The highest BCUT2D eigenvalue weighted by molar-refractivity contribution is 5.52. The molecular formula is C12H14N2O. The van der Waals surface area contributed by atoms with Crippen LogP contribution < -0.4 is 0 Å². The lowest BCUT2D eigenvalue weighted by molar-refractivity contribution is 0.290. The lowest BCUT2D eigenvalue weighted by Gasteiger charge is -1.94. The van der Waals surface area contributed by atoms with E-state index in [9.17, 15) is 0 Å². The molecule has 0 aromatic carbocycles. The molecule has 0 aliphatic carbocycles. The molecule has 0 bridgehead atoms. The maximum Gasteiger partial charge on any atom is 0.137 e. The van der Waals surface area contributed by atoms with Crippen molar-refractivity contribution in [3.05, 3.63) is 42.4 Å². The van der Waals surface area contributed by atoms with Gasteiger partial charge in [-0.05, 0) is 31.1 Å². The lowest BCUT2D eigenvalue weighted by atomic mass is 10.3. The number of hydrogen-bond donors (Lipinski definition) is 1. The predicted octanol–water partition coefficient (Wildman–Crippen LogP) is 2.12. The van der Waals surface area contributed by atoms with E-state index in [1.807, 2.05) is 41.1 Å². The number of fused-ring (bicyclic) bond motifs is 1. The molecule has 2 aromatic rings. The van der Waals surface area contributed by atoms with Crippen molar-refractivity contribution in [1.82, 2.24) is 9.38 Å². The first kappa shape index (κ1) is 9.93. The maximum absolute atomic E-state index is 8.64. The molecule has 0 aliphatic heterocycles. The molecule has 2 heterocycles. The Bertz CT molecular complexity index is 459. The van der Waals surface area contributed by atoms with Gasteiger partial charge < -0.3 is 9.51 Å². The van der Waals surface area contributed by atoms with E-state index in [1.54, 1.807) is 0 Å². The summed E-state index contributed by atoms with van der Waals surface area (Å²) in [6, 6.07) is 5.94. The highest BCUT2D eigenvalue weighted by Crippen LogP contribution is 2.08. The lowest BCUT2D eigenvalue weighted by Crippen LogP contribution is -1.85. The van der Waals surface area contributed by atoms with Crippen molar-refractivity contribution in [3.63, 3.8) is 0 Å².